The summed E-state index contributed by atoms with van der Waals surface area (Å²) in [6.45, 7) is 7.89. The van der Waals surface area contributed by atoms with E-state index >= 15 is 0 Å². The van der Waals surface area contributed by atoms with E-state index in [1.165, 1.54) is 16.7 Å². The number of benzene rings is 1. The Kier molecular flexibility index (Phi) is 4.11. The molecule has 1 unspecified atom stereocenters. The molecular formula is C17H25NO2. The average Bonchev–Trinajstić information content (AvgIpc) is 2.84. The Balaban J connectivity index is 1.56. The minimum Gasteiger partial charge on any atom is -0.372 e. The second-order valence-corrected chi connectivity index (χ2v) is 6.31. The molecule has 2 heterocycles. The summed E-state index contributed by atoms with van der Waals surface area (Å²) < 4.78 is 12.2. The van der Waals surface area contributed by atoms with Gasteiger partial charge in [0.15, 0.2) is 0 Å². The van der Waals surface area contributed by atoms with Crippen LogP contribution in [0.3, 0.4) is 0 Å². The lowest BCUT2D eigenvalue weighted by Crippen LogP contribution is -2.41. The van der Waals surface area contributed by atoms with E-state index in [0.29, 0.717) is 6.61 Å². The Labute approximate surface area is 121 Å². The molecule has 2 fully saturated rings. The van der Waals surface area contributed by atoms with Crippen LogP contribution in [0.5, 0.6) is 0 Å². The van der Waals surface area contributed by atoms with Gasteiger partial charge in [0.25, 0.3) is 0 Å². The van der Waals surface area contributed by atoms with Crippen LogP contribution in [0, 0.1) is 13.8 Å². The van der Waals surface area contributed by atoms with Gasteiger partial charge >= 0.3 is 0 Å². The van der Waals surface area contributed by atoms with E-state index in [2.05, 4.69) is 37.4 Å². The Hall–Kier alpha value is -0.900. The molecular weight excluding hydrogens is 250 g/mol. The first kappa shape index (κ1) is 14.1. The number of nitrogens with one attached hydrogen (secondary N) is 1. The van der Waals surface area contributed by atoms with Gasteiger partial charge in [-0.3, -0.25) is 0 Å². The molecule has 3 nitrogen and oxygen atoms in total. The van der Waals surface area contributed by atoms with Gasteiger partial charge in [-0.15, -0.1) is 0 Å². The van der Waals surface area contributed by atoms with Gasteiger partial charge in [-0.1, -0.05) is 23.8 Å². The number of hydrogen-bond acceptors (Lipinski definition) is 3. The SMILES string of the molecule is Cc1ccc(C)c(COC2COC3(CCNCC3)C2)c1. The third kappa shape index (κ3) is 3.05. The minimum absolute atomic E-state index is 0.0948. The third-order valence-corrected chi connectivity index (χ3v) is 4.67. The summed E-state index contributed by atoms with van der Waals surface area (Å²) in [5, 5.41) is 3.40. The molecule has 2 aliphatic heterocycles. The van der Waals surface area contributed by atoms with Gasteiger partial charge in [-0.25, -0.2) is 0 Å². The highest BCUT2D eigenvalue weighted by Crippen LogP contribution is 2.35. The predicted molar refractivity (Wildman–Crippen MR) is 79.9 cm³/mol. The van der Waals surface area contributed by atoms with Gasteiger partial charge in [-0.05, 0) is 50.9 Å². The molecule has 1 aromatic carbocycles. The lowest BCUT2D eigenvalue weighted by molar-refractivity contribution is -0.0241. The Bertz CT molecular complexity index is 466. The lowest BCUT2D eigenvalue weighted by atomic mass is 9.89. The maximum absolute atomic E-state index is 6.11. The highest BCUT2D eigenvalue weighted by atomic mass is 16.6. The molecule has 0 aromatic heterocycles. The molecule has 0 amide bonds. The Morgan fingerprint density at radius 1 is 1.30 bits per heavy atom. The quantitative estimate of drug-likeness (QED) is 0.920. The van der Waals surface area contributed by atoms with Gasteiger partial charge in [-0.2, -0.15) is 0 Å². The molecule has 110 valence electrons. The van der Waals surface area contributed by atoms with Gasteiger partial charge in [0.05, 0.1) is 24.9 Å². The number of hydrogen-bond donors (Lipinski definition) is 1. The zero-order valence-corrected chi connectivity index (χ0v) is 12.6. The van der Waals surface area contributed by atoms with E-state index in [0.717, 1.165) is 39.0 Å². The smallest absolute Gasteiger partial charge is 0.0840 e. The number of aryl methyl sites for hydroxylation is 2. The van der Waals surface area contributed by atoms with Crippen molar-refractivity contribution in [2.75, 3.05) is 19.7 Å². The van der Waals surface area contributed by atoms with Crippen LogP contribution in [0.4, 0.5) is 0 Å². The highest BCUT2D eigenvalue weighted by Gasteiger charge is 2.41. The first-order valence-electron chi connectivity index (χ1n) is 7.69. The molecule has 20 heavy (non-hydrogen) atoms. The summed E-state index contributed by atoms with van der Waals surface area (Å²) in [6, 6.07) is 6.56. The first-order chi connectivity index (χ1) is 9.67. The van der Waals surface area contributed by atoms with Crippen molar-refractivity contribution in [3.8, 4) is 0 Å². The van der Waals surface area contributed by atoms with E-state index in [4.69, 9.17) is 9.47 Å². The van der Waals surface area contributed by atoms with Gasteiger partial charge < -0.3 is 14.8 Å². The van der Waals surface area contributed by atoms with Gasteiger partial charge in [0.1, 0.15) is 0 Å². The number of ether oxygens (including phenoxy) is 2. The van der Waals surface area contributed by atoms with E-state index < -0.39 is 0 Å². The van der Waals surface area contributed by atoms with Crippen LogP contribution in [-0.2, 0) is 16.1 Å². The Morgan fingerprint density at radius 2 is 2.10 bits per heavy atom. The molecule has 1 aromatic rings. The van der Waals surface area contributed by atoms with Crippen LogP contribution in [-0.4, -0.2) is 31.4 Å². The summed E-state index contributed by atoms with van der Waals surface area (Å²) >= 11 is 0. The van der Waals surface area contributed by atoms with Crippen molar-refractivity contribution in [2.24, 2.45) is 0 Å². The summed E-state index contributed by atoms with van der Waals surface area (Å²) in [5.41, 5.74) is 4.01. The molecule has 2 aliphatic rings. The normalized spacial score (nSPS) is 25.2. The summed E-state index contributed by atoms with van der Waals surface area (Å²) in [6.07, 6.45) is 3.56. The molecule has 1 spiro atoms. The van der Waals surface area contributed by atoms with Crippen molar-refractivity contribution in [2.45, 2.75) is 51.4 Å². The highest BCUT2D eigenvalue weighted by molar-refractivity contribution is 5.29. The topological polar surface area (TPSA) is 30.5 Å². The zero-order valence-electron chi connectivity index (χ0n) is 12.6. The molecule has 0 bridgehead atoms. The average molecular weight is 275 g/mol. The van der Waals surface area contributed by atoms with Crippen molar-refractivity contribution >= 4 is 0 Å². The molecule has 0 radical (unpaired) electrons. The Morgan fingerprint density at radius 3 is 2.90 bits per heavy atom. The van der Waals surface area contributed by atoms with Gasteiger partial charge in [0.2, 0.25) is 0 Å². The van der Waals surface area contributed by atoms with Crippen LogP contribution in [0.2, 0.25) is 0 Å². The van der Waals surface area contributed by atoms with Gasteiger partial charge in [0, 0.05) is 6.42 Å². The number of rotatable bonds is 3. The minimum atomic E-state index is 0.0948. The van der Waals surface area contributed by atoms with Crippen LogP contribution in [0.15, 0.2) is 18.2 Å². The van der Waals surface area contributed by atoms with E-state index in [1.807, 2.05) is 0 Å². The second-order valence-electron chi connectivity index (χ2n) is 6.31. The maximum Gasteiger partial charge on any atom is 0.0840 e. The largest absolute Gasteiger partial charge is 0.372 e. The molecule has 1 atom stereocenters. The van der Waals surface area contributed by atoms with E-state index in [9.17, 15) is 0 Å². The van der Waals surface area contributed by atoms with Crippen LogP contribution in [0.1, 0.15) is 36.0 Å². The molecule has 0 saturated carbocycles. The molecule has 1 N–H and O–H groups in total. The van der Waals surface area contributed by atoms with Crippen molar-refractivity contribution in [3.05, 3.63) is 34.9 Å². The monoisotopic (exact) mass is 275 g/mol. The summed E-state index contributed by atoms with van der Waals surface area (Å²) in [4.78, 5) is 0. The lowest BCUT2D eigenvalue weighted by Gasteiger charge is -2.32. The van der Waals surface area contributed by atoms with Crippen LogP contribution < -0.4 is 5.32 Å². The van der Waals surface area contributed by atoms with E-state index in [1.54, 1.807) is 0 Å². The molecule has 2 saturated heterocycles. The molecule has 3 rings (SSSR count). The summed E-state index contributed by atoms with van der Waals surface area (Å²) in [5.74, 6) is 0. The predicted octanol–water partition coefficient (Wildman–Crippen LogP) is 2.73. The second kappa shape index (κ2) is 5.84. The number of piperidine rings is 1. The van der Waals surface area contributed by atoms with Crippen molar-refractivity contribution in [1.82, 2.24) is 5.32 Å². The summed E-state index contributed by atoms with van der Waals surface area (Å²) in [7, 11) is 0. The first-order valence-corrected chi connectivity index (χ1v) is 7.69. The van der Waals surface area contributed by atoms with Crippen molar-refractivity contribution in [1.29, 1.82) is 0 Å². The van der Waals surface area contributed by atoms with Crippen LogP contribution >= 0.6 is 0 Å². The van der Waals surface area contributed by atoms with Crippen LogP contribution in [0.25, 0.3) is 0 Å². The maximum atomic E-state index is 6.11. The van der Waals surface area contributed by atoms with Crippen molar-refractivity contribution < 1.29 is 9.47 Å². The van der Waals surface area contributed by atoms with E-state index in [-0.39, 0.29) is 11.7 Å². The molecule has 3 heteroatoms. The third-order valence-electron chi connectivity index (χ3n) is 4.67. The fourth-order valence-electron chi connectivity index (χ4n) is 3.30. The standard InChI is InChI=1S/C17H25NO2/c1-13-3-4-14(2)15(9-13)11-19-16-10-17(20-12-16)5-7-18-8-6-17/h3-4,9,16,18H,5-8,10-12H2,1-2H3. The zero-order chi connectivity index (χ0) is 14.0. The van der Waals surface area contributed by atoms with Crippen molar-refractivity contribution in [3.63, 3.8) is 0 Å². The fourth-order valence-corrected chi connectivity index (χ4v) is 3.30. The fraction of sp³-hybridized carbons (Fsp3) is 0.647. The molecule has 0 aliphatic carbocycles.